The standard InChI is InChI=1S/C15H23N7OS/c1-10-13(24-19-16-10)15(23)22-7-5-11(6-8-22)14-18-17-12(21(14)4)9-20(2)3/h11H,5-9H2,1-4H3. The average Bonchev–Trinajstić information content (AvgIpc) is 3.13. The molecule has 1 aliphatic rings. The Morgan fingerprint density at radius 3 is 2.54 bits per heavy atom. The maximum atomic E-state index is 12.5. The molecule has 1 aliphatic heterocycles. The second-order valence-electron chi connectivity index (χ2n) is 6.53. The van der Waals surface area contributed by atoms with Crippen LogP contribution in [0.1, 0.15) is 45.8 Å². The molecule has 0 unspecified atom stereocenters. The van der Waals surface area contributed by atoms with E-state index >= 15 is 0 Å². The Labute approximate surface area is 145 Å². The number of carbonyl (C=O) groups is 1. The van der Waals surface area contributed by atoms with E-state index < -0.39 is 0 Å². The van der Waals surface area contributed by atoms with Crippen LogP contribution in [-0.2, 0) is 13.6 Å². The summed E-state index contributed by atoms with van der Waals surface area (Å²) in [6, 6.07) is 0. The normalized spacial score (nSPS) is 16.1. The zero-order chi connectivity index (χ0) is 17.3. The topological polar surface area (TPSA) is 80.0 Å². The fourth-order valence-electron chi connectivity index (χ4n) is 3.06. The summed E-state index contributed by atoms with van der Waals surface area (Å²) in [4.78, 5) is 17.2. The molecule has 0 spiro atoms. The molecule has 1 amide bonds. The van der Waals surface area contributed by atoms with E-state index in [-0.39, 0.29) is 5.91 Å². The summed E-state index contributed by atoms with van der Waals surface area (Å²) >= 11 is 1.18. The Bertz CT molecular complexity index is 715. The quantitative estimate of drug-likeness (QED) is 0.821. The first-order valence-electron chi connectivity index (χ1n) is 8.08. The summed E-state index contributed by atoms with van der Waals surface area (Å²) in [6.07, 6.45) is 1.82. The molecule has 1 saturated heterocycles. The number of aromatic nitrogens is 5. The van der Waals surface area contributed by atoms with Crippen LogP contribution in [-0.4, -0.2) is 67.2 Å². The summed E-state index contributed by atoms with van der Waals surface area (Å²) < 4.78 is 5.95. The molecule has 1 fully saturated rings. The highest BCUT2D eigenvalue weighted by atomic mass is 32.1. The monoisotopic (exact) mass is 349 g/mol. The maximum Gasteiger partial charge on any atom is 0.267 e. The van der Waals surface area contributed by atoms with E-state index in [1.807, 2.05) is 33.0 Å². The lowest BCUT2D eigenvalue weighted by molar-refractivity contribution is 0.0714. The Balaban J connectivity index is 1.64. The van der Waals surface area contributed by atoms with Crippen molar-refractivity contribution >= 4 is 17.4 Å². The van der Waals surface area contributed by atoms with Crippen molar-refractivity contribution in [2.45, 2.75) is 32.2 Å². The zero-order valence-corrected chi connectivity index (χ0v) is 15.4. The summed E-state index contributed by atoms with van der Waals surface area (Å²) in [5.41, 5.74) is 0.716. The van der Waals surface area contributed by atoms with Gasteiger partial charge in [-0.25, -0.2) is 0 Å². The van der Waals surface area contributed by atoms with Gasteiger partial charge in [0.05, 0.1) is 12.2 Å². The van der Waals surface area contributed by atoms with Crippen LogP contribution >= 0.6 is 11.5 Å². The third-order valence-corrected chi connectivity index (χ3v) is 5.27. The number of hydrogen-bond donors (Lipinski definition) is 0. The smallest absolute Gasteiger partial charge is 0.267 e. The Kier molecular flexibility index (Phi) is 4.91. The van der Waals surface area contributed by atoms with Crippen LogP contribution in [0, 0.1) is 6.92 Å². The molecule has 0 saturated carbocycles. The largest absolute Gasteiger partial charge is 0.338 e. The second-order valence-corrected chi connectivity index (χ2v) is 7.28. The molecule has 0 aromatic carbocycles. The van der Waals surface area contributed by atoms with Crippen molar-refractivity contribution in [3.05, 3.63) is 22.2 Å². The highest BCUT2D eigenvalue weighted by molar-refractivity contribution is 7.07. The summed E-state index contributed by atoms with van der Waals surface area (Å²) in [5.74, 6) is 2.39. The lowest BCUT2D eigenvalue weighted by Crippen LogP contribution is -2.38. The van der Waals surface area contributed by atoms with E-state index in [1.54, 1.807) is 0 Å². The van der Waals surface area contributed by atoms with Gasteiger partial charge in [0.1, 0.15) is 16.5 Å². The molecule has 2 aromatic rings. The Morgan fingerprint density at radius 1 is 1.25 bits per heavy atom. The lowest BCUT2D eigenvalue weighted by atomic mass is 9.95. The van der Waals surface area contributed by atoms with Gasteiger partial charge in [-0.3, -0.25) is 4.79 Å². The number of rotatable bonds is 4. The van der Waals surface area contributed by atoms with Gasteiger partial charge in [0.15, 0.2) is 0 Å². The van der Waals surface area contributed by atoms with Crippen molar-refractivity contribution < 1.29 is 4.79 Å². The number of piperidine rings is 1. The number of nitrogens with zero attached hydrogens (tertiary/aromatic N) is 7. The first-order chi connectivity index (χ1) is 11.5. The number of amides is 1. The predicted octanol–water partition coefficient (Wildman–Crippen LogP) is 1.06. The molecule has 130 valence electrons. The second kappa shape index (κ2) is 6.94. The third kappa shape index (κ3) is 3.32. The summed E-state index contributed by atoms with van der Waals surface area (Å²) in [7, 11) is 6.07. The van der Waals surface area contributed by atoms with Crippen molar-refractivity contribution in [1.82, 2.24) is 34.2 Å². The molecule has 0 N–H and O–H groups in total. The highest BCUT2D eigenvalue weighted by Crippen LogP contribution is 2.28. The van der Waals surface area contributed by atoms with Crippen LogP contribution < -0.4 is 0 Å². The van der Waals surface area contributed by atoms with Gasteiger partial charge in [0.25, 0.3) is 5.91 Å². The summed E-state index contributed by atoms with van der Waals surface area (Å²) in [6.45, 7) is 4.07. The minimum absolute atomic E-state index is 0.0483. The van der Waals surface area contributed by atoms with Crippen molar-refractivity contribution in [3.8, 4) is 0 Å². The van der Waals surface area contributed by atoms with Gasteiger partial charge < -0.3 is 14.4 Å². The van der Waals surface area contributed by atoms with Crippen LogP contribution in [0.15, 0.2) is 0 Å². The first kappa shape index (κ1) is 17.0. The van der Waals surface area contributed by atoms with E-state index in [0.717, 1.165) is 44.1 Å². The van der Waals surface area contributed by atoms with Gasteiger partial charge in [0.2, 0.25) is 0 Å². The fourth-order valence-corrected chi connectivity index (χ4v) is 3.69. The summed E-state index contributed by atoms with van der Waals surface area (Å²) in [5, 5.41) is 12.6. The van der Waals surface area contributed by atoms with Crippen LogP contribution in [0.3, 0.4) is 0 Å². The van der Waals surface area contributed by atoms with E-state index in [9.17, 15) is 4.79 Å². The van der Waals surface area contributed by atoms with Crippen LogP contribution in [0.4, 0.5) is 0 Å². The molecule has 0 aliphatic carbocycles. The molecule has 0 bridgehead atoms. The van der Waals surface area contributed by atoms with Gasteiger partial charge in [-0.1, -0.05) is 4.49 Å². The van der Waals surface area contributed by atoms with Crippen LogP contribution in [0.5, 0.6) is 0 Å². The van der Waals surface area contributed by atoms with Crippen LogP contribution in [0.25, 0.3) is 0 Å². The van der Waals surface area contributed by atoms with Crippen molar-refractivity contribution in [2.75, 3.05) is 27.2 Å². The Hall–Kier alpha value is -1.87. The highest BCUT2D eigenvalue weighted by Gasteiger charge is 2.29. The SMILES string of the molecule is Cc1nnsc1C(=O)N1CCC(c2nnc(CN(C)C)n2C)CC1. The van der Waals surface area contributed by atoms with E-state index in [1.165, 1.54) is 11.5 Å². The fraction of sp³-hybridized carbons (Fsp3) is 0.667. The third-order valence-electron chi connectivity index (χ3n) is 4.45. The molecule has 0 radical (unpaired) electrons. The molecule has 24 heavy (non-hydrogen) atoms. The number of aryl methyl sites for hydroxylation is 1. The zero-order valence-electron chi connectivity index (χ0n) is 14.6. The van der Waals surface area contributed by atoms with Crippen molar-refractivity contribution in [3.63, 3.8) is 0 Å². The minimum Gasteiger partial charge on any atom is -0.338 e. The molecule has 9 heteroatoms. The molecule has 8 nitrogen and oxygen atoms in total. The van der Waals surface area contributed by atoms with Crippen LogP contribution in [0.2, 0.25) is 0 Å². The van der Waals surface area contributed by atoms with E-state index in [0.29, 0.717) is 16.5 Å². The molecular formula is C15H23N7OS. The van der Waals surface area contributed by atoms with Gasteiger partial charge in [-0.05, 0) is 45.4 Å². The average molecular weight is 349 g/mol. The van der Waals surface area contributed by atoms with Crippen molar-refractivity contribution in [2.24, 2.45) is 7.05 Å². The number of hydrogen-bond acceptors (Lipinski definition) is 7. The molecule has 2 aromatic heterocycles. The predicted molar refractivity (Wildman–Crippen MR) is 90.9 cm³/mol. The molecule has 3 rings (SSSR count). The maximum absolute atomic E-state index is 12.5. The first-order valence-corrected chi connectivity index (χ1v) is 8.85. The molecule has 3 heterocycles. The molecule has 0 atom stereocenters. The van der Waals surface area contributed by atoms with Gasteiger partial charge >= 0.3 is 0 Å². The Morgan fingerprint density at radius 2 is 1.96 bits per heavy atom. The van der Waals surface area contributed by atoms with E-state index in [4.69, 9.17) is 0 Å². The van der Waals surface area contributed by atoms with Crippen molar-refractivity contribution in [1.29, 1.82) is 0 Å². The number of carbonyl (C=O) groups excluding carboxylic acids is 1. The minimum atomic E-state index is 0.0483. The van der Waals surface area contributed by atoms with Gasteiger partial charge in [-0.2, -0.15) is 0 Å². The van der Waals surface area contributed by atoms with E-state index in [2.05, 4.69) is 29.3 Å². The van der Waals surface area contributed by atoms with Gasteiger partial charge in [-0.15, -0.1) is 15.3 Å². The molecular weight excluding hydrogens is 326 g/mol. The number of likely N-dealkylation sites (tertiary alicyclic amines) is 1. The lowest BCUT2D eigenvalue weighted by Gasteiger charge is -2.31. The van der Waals surface area contributed by atoms with Gasteiger partial charge in [0, 0.05) is 26.1 Å².